The van der Waals surface area contributed by atoms with Gasteiger partial charge in [-0.3, -0.25) is 0 Å². The molecule has 0 atom stereocenters. The van der Waals surface area contributed by atoms with Crippen LogP contribution < -0.4 is 5.73 Å². The summed E-state index contributed by atoms with van der Waals surface area (Å²) in [6.07, 6.45) is 1.65. The van der Waals surface area contributed by atoms with Crippen molar-refractivity contribution in [3.05, 3.63) is 59.5 Å². The lowest BCUT2D eigenvalue weighted by Gasteiger charge is -2.04. The quantitative estimate of drug-likeness (QED) is 0.836. The first kappa shape index (κ1) is 10.9. The van der Waals surface area contributed by atoms with Crippen molar-refractivity contribution in [1.82, 2.24) is 0 Å². The lowest BCUT2D eigenvalue weighted by Crippen LogP contribution is -1.98. The second kappa shape index (κ2) is 5.49. The van der Waals surface area contributed by atoms with E-state index in [2.05, 4.69) is 6.07 Å². The number of furan rings is 1. The van der Waals surface area contributed by atoms with E-state index >= 15 is 0 Å². The number of hydrogen-bond acceptors (Lipinski definition) is 3. The Kier molecular flexibility index (Phi) is 3.75. The van der Waals surface area contributed by atoms with Crippen molar-refractivity contribution in [2.45, 2.75) is 19.8 Å². The van der Waals surface area contributed by atoms with Gasteiger partial charge in [0.05, 0.1) is 12.9 Å². The highest BCUT2D eigenvalue weighted by atomic mass is 16.5. The number of benzene rings is 1. The largest absolute Gasteiger partial charge is 0.467 e. The minimum Gasteiger partial charge on any atom is -0.467 e. The average molecular weight is 217 g/mol. The van der Waals surface area contributed by atoms with Crippen molar-refractivity contribution in [1.29, 1.82) is 0 Å². The minimum absolute atomic E-state index is 0.500. The van der Waals surface area contributed by atoms with Gasteiger partial charge in [-0.15, -0.1) is 0 Å². The predicted molar refractivity (Wildman–Crippen MR) is 61.5 cm³/mol. The maximum absolute atomic E-state index is 5.57. The summed E-state index contributed by atoms with van der Waals surface area (Å²) in [5.41, 5.74) is 7.83. The first-order valence-electron chi connectivity index (χ1n) is 5.26. The first-order valence-corrected chi connectivity index (χ1v) is 5.26. The fourth-order valence-corrected chi connectivity index (χ4v) is 1.51. The number of ether oxygens (including phenoxy) is 1. The smallest absolute Gasteiger partial charge is 0.129 e. The Hall–Kier alpha value is -1.58. The summed E-state index contributed by atoms with van der Waals surface area (Å²) in [5.74, 6) is 0.843. The summed E-state index contributed by atoms with van der Waals surface area (Å²) in [6, 6.07) is 11.8. The van der Waals surface area contributed by atoms with Gasteiger partial charge in [0.25, 0.3) is 0 Å². The van der Waals surface area contributed by atoms with Gasteiger partial charge in [0.1, 0.15) is 12.4 Å². The molecule has 0 saturated heterocycles. The molecule has 0 unspecified atom stereocenters. The third kappa shape index (κ3) is 2.95. The Morgan fingerprint density at radius 3 is 2.69 bits per heavy atom. The molecule has 3 heteroatoms. The molecule has 2 N–H and O–H groups in total. The summed E-state index contributed by atoms with van der Waals surface area (Å²) < 4.78 is 10.7. The molecule has 1 aromatic carbocycles. The molecule has 1 heterocycles. The Labute approximate surface area is 94.8 Å². The zero-order chi connectivity index (χ0) is 11.2. The van der Waals surface area contributed by atoms with E-state index < -0.39 is 0 Å². The SMILES string of the molecule is NCc1cccc(COCc2ccco2)c1. The number of hydrogen-bond donors (Lipinski definition) is 1. The Bertz CT molecular complexity index is 423. The highest BCUT2D eigenvalue weighted by Gasteiger charge is 1.98. The molecule has 84 valence electrons. The molecule has 0 aliphatic rings. The third-order valence-corrected chi connectivity index (χ3v) is 2.32. The van der Waals surface area contributed by atoms with Crippen LogP contribution in [-0.2, 0) is 24.5 Å². The van der Waals surface area contributed by atoms with E-state index in [4.69, 9.17) is 14.9 Å². The van der Waals surface area contributed by atoms with Crippen LogP contribution in [0.3, 0.4) is 0 Å². The molecule has 0 bridgehead atoms. The molecule has 0 amide bonds. The highest BCUT2D eigenvalue weighted by molar-refractivity contribution is 5.22. The molecule has 1 aromatic heterocycles. The van der Waals surface area contributed by atoms with Gasteiger partial charge in [-0.25, -0.2) is 0 Å². The first-order chi connectivity index (χ1) is 7.88. The Morgan fingerprint density at radius 1 is 1.06 bits per heavy atom. The monoisotopic (exact) mass is 217 g/mol. The maximum atomic E-state index is 5.57. The van der Waals surface area contributed by atoms with Gasteiger partial charge in [0, 0.05) is 6.54 Å². The molecule has 0 aliphatic carbocycles. The Balaban J connectivity index is 1.85. The van der Waals surface area contributed by atoms with Gasteiger partial charge >= 0.3 is 0 Å². The average Bonchev–Trinajstić information content (AvgIpc) is 2.82. The van der Waals surface area contributed by atoms with Crippen LogP contribution in [0.5, 0.6) is 0 Å². The standard InChI is InChI=1S/C13H15NO2/c14-8-11-3-1-4-12(7-11)9-15-10-13-5-2-6-16-13/h1-7H,8-10,14H2. The van der Waals surface area contributed by atoms with Crippen molar-refractivity contribution >= 4 is 0 Å². The highest BCUT2D eigenvalue weighted by Crippen LogP contribution is 2.08. The van der Waals surface area contributed by atoms with Crippen LogP contribution in [0.2, 0.25) is 0 Å². The number of nitrogens with two attached hydrogens (primary N) is 1. The van der Waals surface area contributed by atoms with E-state index in [9.17, 15) is 0 Å². The van der Waals surface area contributed by atoms with E-state index in [1.54, 1.807) is 6.26 Å². The zero-order valence-corrected chi connectivity index (χ0v) is 9.06. The molecule has 0 fully saturated rings. The van der Waals surface area contributed by atoms with Gasteiger partial charge in [-0.05, 0) is 23.3 Å². The fourth-order valence-electron chi connectivity index (χ4n) is 1.51. The van der Waals surface area contributed by atoms with E-state index in [0.717, 1.165) is 16.9 Å². The van der Waals surface area contributed by atoms with Crippen molar-refractivity contribution < 1.29 is 9.15 Å². The number of rotatable bonds is 5. The van der Waals surface area contributed by atoms with Gasteiger partial charge in [0.15, 0.2) is 0 Å². The molecule has 2 rings (SSSR count). The van der Waals surface area contributed by atoms with E-state index in [-0.39, 0.29) is 0 Å². The van der Waals surface area contributed by atoms with Gasteiger partial charge < -0.3 is 14.9 Å². The molecule has 0 radical (unpaired) electrons. The lowest BCUT2D eigenvalue weighted by atomic mass is 10.1. The normalized spacial score (nSPS) is 10.6. The summed E-state index contributed by atoms with van der Waals surface area (Å²) in [7, 11) is 0. The summed E-state index contributed by atoms with van der Waals surface area (Å²) in [6.45, 7) is 1.64. The lowest BCUT2D eigenvalue weighted by molar-refractivity contribution is 0.0929. The van der Waals surface area contributed by atoms with Crippen LogP contribution in [0.25, 0.3) is 0 Å². The van der Waals surface area contributed by atoms with Crippen LogP contribution in [0, 0.1) is 0 Å². The summed E-state index contributed by atoms with van der Waals surface area (Å²) in [4.78, 5) is 0. The predicted octanol–water partition coefficient (Wildman–Crippen LogP) is 2.46. The van der Waals surface area contributed by atoms with Crippen LogP contribution in [-0.4, -0.2) is 0 Å². The molecule has 0 aliphatic heterocycles. The zero-order valence-electron chi connectivity index (χ0n) is 9.06. The molecule has 16 heavy (non-hydrogen) atoms. The third-order valence-electron chi connectivity index (χ3n) is 2.32. The molecule has 3 nitrogen and oxygen atoms in total. The molecule has 0 spiro atoms. The minimum atomic E-state index is 0.500. The van der Waals surface area contributed by atoms with Crippen LogP contribution in [0.1, 0.15) is 16.9 Å². The Morgan fingerprint density at radius 2 is 1.94 bits per heavy atom. The molecule has 0 saturated carbocycles. The van der Waals surface area contributed by atoms with Crippen molar-refractivity contribution in [2.75, 3.05) is 0 Å². The summed E-state index contributed by atoms with van der Waals surface area (Å²) in [5, 5.41) is 0. The molecule has 2 aromatic rings. The van der Waals surface area contributed by atoms with E-state index in [0.29, 0.717) is 19.8 Å². The second-order valence-electron chi connectivity index (χ2n) is 3.60. The second-order valence-corrected chi connectivity index (χ2v) is 3.60. The van der Waals surface area contributed by atoms with Crippen LogP contribution in [0.4, 0.5) is 0 Å². The van der Waals surface area contributed by atoms with Crippen LogP contribution in [0.15, 0.2) is 47.1 Å². The van der Waals surface area contributed by atoms with Crippen molar-refractivity contribution in [3.8, 4) is 0 Å². The van der Waals surface area contributed by atoms with Crippen molar-refractivity contribution in [2.24, 2.45) is 5.73 Å². The van der Waals surface area contributed by atoms with Gasteiger partial charge in [0.2, 0.25) is 0 Å². The fraction of sp³-hybridized carbons (Fsp3) is 0.231. The summed E-state index contributed by atoms with van der Waals surface area (Å²) >= 11 is 0. The van der Waals surface area contributed by atoms with Crippen LogP contribution >= 0.6 is 0 Å². The molecular weight excluding hydrogens is 202 g/mol. The van der Waals surface area contributed by atoms with Crippen molar-refractivity contribution in [3.63, 3.8) is 0 Å². The van der Waals surface area contributed by atoms with Gasteiger partial charge in [-0.1, -0.05) is 24.3 Å². The maximum Gasteiger partial charge on any atom is 0.129 e. The van der Waals surface area contributed by atoms with E-state index in [1.807, 2.05) is 30.3 Å². The van der Waals surface area contributed by atoms with Gasteiger partial charge in [-0.2, -0.15) is 0 Å². The topological polar surface area (TPSA) is 48.4 Å². The van der Waals surface area contributed by atoms with E-state index in [1.165, 1.54) is 0 Å². The molecular formula is C13H15NO2.